The average Bonchev–Trinajstić information content (AvgIpc) is 2.18. The van der Waals surface area contributed by atoms with Gasteiger partial charge in [-0.25, -0.2) is 0 Å². The number of nitrogens with one attached hydrogen (secondary N) is 1. The third-order valence-corrected chi connectivity index (χ3v) is 2.67. The minimum absolute atomic E-state index is 0.0821. The summed E-state index contributed by atoms with van der Waals surface area (Å²) >= 11 is 0. The van der Waals surface area contributed by atoms with Crippen molar-refractivity contribution in [2.24, 2.45) is 5.92 Å². The second-order valence-corrected chi connectivity index (χ2v) is 3.50. The molecule has 1 saturated carbocycles. The molecule has 0 aromatic carbocycles. The molecule has 1 amide bonds. The van der Waals surface area contributed by atoms with Crippen LogP contribution in [-0.2, 0) is 9.53 Å². The van der Waals surface area contributed by atoms with Crippen LogP contribution in [0, 0.1) is 5.92 Å². The van der Waals surface area contributed by atoms with Crippen LogP contribution < -0.4 is 5.32 Å². The fourth-order valence-corrected chi connectivity index (χ4v) is 2.00. The molecule has 0 heterocycles. The largest absolute Gasteiger partial charge is 0.378 e. The predicted molar refractivity (Wildman–Crippen MR) is 51.4 cm³/mol. The molecule has 0 spiro atoms. The zero-order chi connectivity index (χ0) is 9.68. The second-order valence-electron chi connectivity index (χ2n) is 3.50. The topological polar surface area (TPSA) is 38.3 Å². The van der Waals surface area contributed by atoms with Gasteiger partial charge in [0.1, 0.15) is 0 Å². The maximum Gasteiger partial charge on any atom is 0.225 e. The Morgan fingerprint density at radius 3 is 2.77 bits per heavy atom. The van der Waals surface area contributed by atoms with E-state index in [1.807, 2.05) is 6.92 Å². The summed E-state index contributed by atoms with van der Waals surface area (Å²) in [6.45, 7) is 2.69. The Kier molecular flexibility index (Phi) is 4.22. The molecule has 2 unspecified atom stereocenters. The first kappa shape index (κ1) is 10.5. The lowest BCUT2D eigenvalue weighted by molar-refractivity contribution is -0.131. The molecule has 0 aromatic heterocycles. The van der Waals surface area contributed by atoms with Gasteiger partial charge in [-0.3, -0.25) is 4.79 Å². The van der Waals surface area contributed by atoms with Crippen LogP contribution in [0.25, 0.3) is 0 Å². The van der Waals surface area contributed by atoms with Gasteiger partial charge in [0.05, 0.1) is 12.0 Å². The summed E-state index contributed by atoms with van der Waals surface area (Å²) < 4.78 is 5.56. The van der Waals surface area contributed by atoms with E-state index in [2.05, 4.69) is 5.32 Å². The molecule has 1 aliphatic rings. The molecule has 0 aliphatic heterocycles. The summed E-state index contributed by atoms with van der Waals surface area (Å²) in [5.74, 6) is 0.219. The number of rotatable bonds is 3. The van der Waals surface area contributed by atoms with E-state index in [1.54, 1.807) is 7.05 Å². The van der Waals surface area contributed by atoms with E-state index >= 15 is 0 Å². The van der Waals surface area contributed by atoms with E-state index in [-0.39, 0.29) is 17.9 Å². The Hall–Kier alpha value is -0.570. The highest BCUT2D eigenvalue weighted by atomic mass is 16.5. The number of carbonyl (C=O) groups excluding carboxylic acids is 1. The van der Waals surface area contributed by atoms with Gasteiger partial charge in [0.2, 0.25) is 5.91 Å². The van der Waals surface area contributed by atoms with Crippen molar-refractivity contribution in [3.8, 4) is 0 Å². The van der Waals surface area contributed by atoms with Gasteiger partial charge >= 0.3 is 0 Å². The quantitative estimate of drug-likeness (QED) is 0.720. The van der Waals surface area contributed by atoms with Gasteiger partial charge in [-0.1, -0.05) is 12.8 Å². The lowest BCUT2D eigenvalue weighted by Crippen LogP contribution is -2.39. The first-order chi connectivity index (χ1) is 6.29. The van der Waals surface area contributed by atoms with Gasteiger partial charge in [0.25, 0.3) is 0 Å². The van der Waals surface area contributed by atoms with Crippen molar-refractivity contribution in [2.45, 2.75) is 38.7 Å². The van der Waals surface area contributed by atoms with Crippen molar-refractivity contribution in [1.29, 1.82) is 0 Å². The van der Waals surface area contributed by atoms with Gasteiger partial charge in [0, 0.05) is 13.7 Å². The summed E-state index contributed by atoms with van der Waals surface area (Å²) in [5.41, 5.74) is 0. The standard InChI is InChI=1S/C10H19NO2/c1-3-13-9-7-5-4-6-8(9)10(12)11-2/h8-9H,3-7H2,1-2H3,(H,11,12). The van der Waals surface area contributed by atoms with Crippen molar-refractivity contribution < 1.29 is 9.53 Å². The summed E-state index contributed by atoms with van der Waals surface area (Å²) in [4.78, 5) is 11.5. The SMILES string of the molecule is CCOC1CCCCC1C(=O)NC. The van der Waals surface area contributed by atoms with Crippen LogP contribution in [0.15, 0.2) is 0 Å². The molecule has 1 aliphatic carbocycles. The second kappa shape index (κ2) is 5.22. The van der Waals surface area contributed by atoms with Crippen molar-refractivity contribution in [3.63, 3.8) is 0 Å². The summed E-state index contributed by atoms with van der Waals surface area (Å²) in [5, 5.41) is 2.70. The fraction of sp³-hybridized carbons (Fsp3) is 0.900. The highest BCUT2D eigenvalue weighted by Crippen LogP contribution is 2.26. The zero-order valence-electron chi connectivity index (χ0n) is 8.51. The number of carbonyl (C=O) groups is 1. The van der Waals surface area contributed by atoms with E-state index in [4.69, 9.17) is 4.74 Å². The van der Waals surface area contributed by atoms with Crippen molar-refractivity contribution in [1.82, 2.24) is 5.32 Å². The predicted octanol–water partition coefficient (Wildman–Crippen LogP) is 1.33. The molecular formula is C10H19NO2. The minimum Gasteiger partial charge on any atom is -0.378 e. The molecule has 2 atom stereocenters. The number of hydrogen-bond acceptors (Lipinski definition) is 2. The molecule has 1 rings (SSSR count). The van der Waals surface area contributed by atoms with Gasteiger partial charge < -0.3 is 10.1 Å². The smallest absolute Gasteiger partial charge is 0.225 e. The van der Waals surface area contributed by atoms with Crippen LogP contribution in [0.2, 0.25) is 0 Å². The van der Waals surface area contributed by atoms with Gasteiger partial charge in [-0.05, 0) is 19.8 Å². The Morgan fingerprint density at radius 2 is 2.15 bits per heavy atom. The third-order valence-electron chi connectivity index (χ3n) is 2.67. The lowest BCUT2D eigenvalue weighted by Gasteiger charge is -2.29. The molecule has 76 valence electrons. The van der Waals surface area contributed by atoms with Gasteiger partial charge in [-0.2, -0.15) is 0 Å². The van der Waals surface area contributed by atoms with Crippen LogP contribution in [0.1, 0.15) is 32.6 Å². The maximum atomic E-state index is 11.5. The molecular weight excluding hydrogens is 166 g/mol. The van der Waals surface area contributed by atoms with Crippen molar-refractivity contribution in [3.05, 3.63) is 0 Å². The van der Waals surface area contributed by atoms with E-state index in [1.165, 1.54) is 6.42 Å². The average molecular weight is 185 g/mol. The summed E-state index contributed by atoms with van der Waals surface area (Å²) in [6.07, 6.45) is 4.51. The number of hydrogen-bond donors (Lipinski definition) is 1. The lowest BCUT2D eigenvalue weighted by atomic mass is 9.86. The first-order valence-electron chi connectivity index (χ1n) is 5.12. The molecule has 0 saturated heterocycles. The number of ether oxygens (including phenoxy) is 1. The normalized spacial score (nSPS) is 28.5. The van der Waals surface area contributed by atoms with E-state index in [0.29, 0.717) is 6.61 Å². The molecule has 3 heteroatoms. The van der Waals surface area contributed by atoms with Gasteiger partial charge in [-0.15, -0.1) is 0 Å². The maximum absolute atomic E-state index is 11.5. The van der Waals surface area contributed by atoms with Crippen LogP contribution in [0.3, 0.4) is 0 Å². The van der Waals surface area contributed by atoms with Crippen LogP contribution >= 0.6 is 0 Å². The van der Waals surface area contributed by atoms with Crippen LogP contribution in [-0.4, -0.2) is 25.7 Å². The summed E-state index contributed by atoms with van der Waals surface area (Å²) in [6, 6.07) is 0. The van der Waals surface area contributed by atoms with Crippen LogP contribution in [0.4, 0.5) is 0 Å². The zero-order valence-corrected chi connectivity index (χ0v) is 8.51. The fourth-order valence-electron chi connectivity index (χ4n) is 2.00. The first-order valence-corrected chi connectivity index (χ1v) is 5.12. The highest BCUT2D eigenvalue weighted by Gasteiger charge is 2.30. The highest BCUT2D eigenvalue weighted by molar-refractivity contribution is 5.79. The van der Waals surface area contributed by atoms with E-state index in [0.717, 1.165) is 19.3 Å². The molecule has 3 nitrogen and oxygen atoms in total. The van der Waals surface area contributed by atoms with E-state index in [9.17, 15) is 4.79 Å². The van der Waals surface area contributed by atoms with Crippen molar-refractivity contribution >= 4 is 5.91 Å². The summed E-state index contributed by atoms with van der Waals surface area (Å²) in [7, 11) is 1.69. The molecule has 1 fully saturated rings. The van der Waals surface area contributed by atoms with E-state index < -0.39 is 0 Å². The molecule has 1 N–H and O–H groups in total. The Bertz CT molecular complexity index is 168. The Morgan fingerprint density at radius 1 is 1.46 bits per heavy atom. The van der Waals surface area contributed by atoms with Gasteiger partial charge in [0.15, 0.2) is 0 Å². The van der Waals surface area contributed by atoms with Crippen LogP contribution in [0.5, 0.6) is 0 Å². The molecule has 0 radical (unpaired) electrons. The van der Waals surface area contributed by atoms with Crippen molar-refractivity contribution in [2.75, 3.05) is 13.7 Å². The molecule has 13 heavy (non-hydrogen) atoms. The Labute approximate surface area is 79.8 Å². The third kappa shape index (κ3) is 2.69. The molecule has 0 aromatic rings. The molecule has 0 bridgehead atoms. The number of amides is 1. The minimum atomic E-state index is 0.0821. The monoisotopic (exact) mass is 185 g/mol. The Balaban J connectivity index is 2.50.